The van der Waals surface area contributed by atoms with Crippen LogP contribution in [-0.2, 0) is 4.79 Å². The predicted molar refractivity (Wildman–Crippen MR) is 59.7 cm³/mol. The summed E-state index contributed by atoms with van der Waals surface area (Å²) in [7, 11) is 0. The molecule has 0 aliphatic heterocycles. The summed E-state index contributed by atoms with van der Waals surface area (Å²) in [6.07, 6.45) is 0.487. The Morgan fingerprint density at radius 1 is 1.44 bits per heavy atom. The van der Waals surface area contributed by atoms with Gasteiger partial charge in [-0.3, -0.25) is 4.79 Å². The van der Waals surface area contributed by atoms with Gasteiger partial charge in [-0.2, -0.15) is 0 Å². The summed E-state index contributed by atoms with van der Waals surface area (Å²) in [5.41, 5.74) is 6.81. The highest BCUT2D eigenvalue weighted by molar-refractivity contribution is 5.66. The molecule has 2 unspecified atom stereocenters. The maximum atomic E-state index is 12.7. The van der Waals surface area contributed by atoms with E-state index >= 15 is 0 Å². The van der Waals surface area contributed by atoms with Crippen LogP contribution in [0.2, 0.25) is 0 Å². The van der Waals surface area contributed by atoms with E-state index < -0.39 is 5.97 Å². The number of carboxylic acid groups (broad SMARTS) is 1. The van der Waals surface area contributed by atoms with Gasteiger partial charge < -0.3 is 10.8 Å². The Kier molecular flexibility index (Phi) is 4.43. The zero-order chi connectivity index (χ0) is 12.1. The van der Waals surface area contributed by atoms with Crippen molar-refractivity contribution in [3.8, 4) is 0 Å². The van der Waals surface area contributed by atoms with Crippen LogP contribution in [0.3, 0.4) is 0 Å². The van der Waals surface area contributed by atoms with Crippen molar-refractivity contribution in [1.82, 2.24) is 0 Å². The number of carboxylic acids is 1. The van der Waals surface area contributed by atoms with Crippen LogP contribution < -0.4 is 5.73 Å². The molecule has 0 bridgehead atoms. The third-order valence-electron chi connectivity index (χ3n) is 2.73. The molecular weight excluding hydrogens is 209 g/mol. The number of hydrogen-bond donors (Lipinski definition) is 2. The molecule has 16 heavy (non-hydrogen) atoms. The van der Waals surface area contributed by atoms with Crippen LogP contribution in [-0.4, -0.2) is 17.1 Å². The van der Waals surface area contributed by atoms with Crippen LogP contribution in [0.25, 0.3) is 0 Å². The second-order valence-corrected chi connectivity index (χ2v) is 3.94. The molecule has 0 spiro atoms. The van der Waals surface area contributed by atoms with Gasteiger partial charge >= 0.3 is 5.97 Å². The molecule has 0 amide bonds. The highest BCUT2D eigenvalue weighted by Gasteiger charge is 2.15. The van der Waals surface area contributed by atoms with Gasteiger partial charge in [-0.15, -0.1) is 0 Å². The van der Waals surface area contributed by atoms with Crippen molar-refractivity contribution in [3.63, 3.8) is 0 Å². The Hall–Kier alpha value is -1.42. The lowest BCUT2D eigenvalue weighted by Crippen LogP contribution is -2.27. The number of nitrogens with two attached hydrogens (primary N) is 1. The van der Waals surface area contributed by atoms with Gasteiger partial charge in [0, 0.05) is 12.5 Å². The Labute approximate surface area is 94.1 Å². The maximum absolute atomic E-state index is 12.7. The van der Waals surface area contributed by atoms with Gasteiger partial charge in [-0.25, -0.2) is 4.39 Å². The monoisotopic (exact) mass is 225 g/mol. The lowest BCUT2D eigenvalue weighted by atomic mass is 9.91. The van der Waals surface area contributed by atoms with E-state index in [1.165, 1.54) is 12.1 Å². The highest BCUT2D eigenvalue weighted by Crippen LogP contribution is 2.20. The van der Waals surface area contributed by atoms with Crippen molar-refractivity contribution in [2.24, 2.45) is 5.73 Å². The smallest absolute Gasteiger partial charge is 0.303 e. The first kappa shape index (κ1) is 12.6. The highest BCUT2D eigenvalue weighted by atomic mass is 19.1. The first-order chi connectivity index (χ1) is 7.50. The fraction of sp³-hybridized carbons (Fsp3) is 0.417. The van der Waals surface area contributed by atoms with Crippen LogP contribution in [0.4, 0.5) is 4.39 Å². The van der Waals surface area contributed by atoms with Gasteiger partial charge in [-0.1, -0.05) is 19.1 Å². The molecule has 4 heteroatoms. The second-order valence-electron chi connectivity index (χ2n) is 3.94. The number of hydrogen-bond acceptors (Lipinski definition) is 2. The topological polar surface area (TPSA) is 63.3 Å². The SMILES string of the molecule is CC(c1ccc(F)cc1)C(N)CCC(=O)O. The number of benzene rings is 1. The van der Waals surface area contributed by atoms with Crippen LogP contribution in [0, 0.1) is 5.82 Å². The summed E-state index contributed by atoms with van der Waals surface area (Å²) in [5, 5.41) is 8.55. The number of carbonyl (C=O) groups is 1. The molecule has 0 heterocycles. The van der Waals surface area contributed by atoms with E-state index in [0.717, 1.165) is 5.56 Å². The normalized spacial score (nSPS) is 14.4. The number of aliphatic carboxylic acids is 1. The van der Waals surface area contributed by atoms with Crippen LogP contribution in [0.5, 0.6) is 0 Å². The molecule has 1 aromatic carbocycles. The van der Waals surface area contributed by atoms with Gasteiger partial charge in [0.15, 0.2) is 0 Å². The van der Waals surface area contributed by atoms with E-state index in [4.69, 9.17) is 10.8 Å². The summed E-state index contributed by atoms with van der Waals surface area (Å²) in [6.45, 7) is 1.92. The largest absolute Gasteiger partial charge is 0.481 e. The quantitative estimate of drug-likeness (QED) is 0.806. The second kappa shape index (κ2) is 5.61. The lowest BCUT2D eigenvalue weighted by Gasteiger charge is -2.19. The van der Waals surface area contributed by atoms with Crippen molar-refractivity contribution in [2.75, 3.05) is 0 Å². The Morgan fingerprint density at radius 2 is 2.00 bits per heavy atom. The van der Waals surface area contributed by atoms with Gasteiger partial charge in [0.25, 0.3) is 0 Å². The van der Waals surface area contributed by atoms with Crippen molar-refractivity contribution in [3.05, 3.63) is 35.6 Å². The minimum absolute atomic E-state index is 0.0277. The summed E-state index contributed by atoms with van der Waals surface area (Å²) in [4.78, 5) is 10.4. The first-order valence-electron chi connectivity index (χ1n) is 5.23. The number of halogens is 1. The average Bonchev–Trinajstić information content (AvgIpc) is 2.26. The van der Waals surface area contributed by atoms with E-state index in [2.05, 4.69) is 0 Å². The van der Waals surface area contributed by atoms with Crippen LogP contribution in [0.1, 0.15) is 31.2 Å². The minimum atomic E-state index is -0.846. The van der Waals surface area contributed by atoms with E-state index in [0.29, 0.717) is 6.42 Å². The van der Waals surface area contributed by atoms with Gasteiger partial charge in [-0.05, 0) is 30.0 Å². The molecule has 0 saturated heterocycles. The Morgan fingerprint density at radius 3 is 2.50 bits per heavy atom. The van der Waals surface area contributed by atoms with E-state index in [1.807, 2.05) is 6.92 Å². The summed E-state index contributed by atoms with van der Waals surface area (Å²) in [6, 6.07) is 5.91. The molecule has 2 atom stereocenters. The maximum Gasteiger partial charge on any atom is 0.303 e. The molecular formula is C12H16FNO2. The Balaban J connectivity index is 2.59. The van der Waals surface area contributed by atoms with E-state index in [-0.39, 0.29) is 24.2 Å². The average molecular weight is 225 g/mol. The summed E-state index contributed by atoms with van der Waals surface area (Å²) in [5.74, 6) is -1.10. The van der Waals surface area contributed by atoms with Crippen molar-refractivity contribution < 1.29 is 14.3 Å². The van der Waals surface area contributed by atoms with E-state index in [9.17, 15) is 9.18 Å². The standard InChI is InChI=1S/C12H16FNO2/c1-8(11(14)6-7-12(15)16)9-2-4-10(13)5-3-9/h2-5,8,11H,6-7,14H2,1H3,(H,15,16). The molecule has 0 radical (unpaired) electrons. The zero-order valence-corrected chi connectivity index (χ0v) is 9.19. The zero-order valence-electron chi connectivity index (χ0n) is 9.19. The molecule has 3 nitrogen and oxygen atoms in total. The van der Waals surface area contributed by atoms with Crippen molar-refractivity contribution in [2.45, 2.75) is 31.7 Å². The van der Waals surface area contributed by atoms with E-state index in [1.54, 1.807) is 12.1 Å². The molecule has 3 N–H and O–H groups in total. The molecule has 0 aliphatic rings. The molecule has 0 saturated carbocycles. The van der Waals surface area contributed by atoms with Gasteiger partial charge in [0.2, 0.25) is 0 Å². The summed E-state index contributed by atoms with van der Waals surface area (Å²) < 4.78 is 12.7. The minimum Gasteiger partial charge on any atom is -0.481 e. The summed E-state index contributed by atoms with van der Waals surface area (Å²) >= 11 is 0. The fourth-order valence-electron chi connectivity index (χ4n) is 1.55. The van der Waals surface area contributed by atoms with Crippen molar-refractivity contribution in [1.29, 1.82) is 0 Å². The molecule has 88 valence electrons. The van der Waals surface area contributed by atoms with Gasteiger partial charge in [0.05, 0.1) is 0 Å². The molecule has 0 aromatic heterocycles. The van der Waals surface area contributed by atoms with Crippen molar-refractivity contribution >= 4 is 5.97 Å². The molecule has 0 aliphatic carbocycles. The van der Waals surface area contributed by atoms with Crippen LogP contribution >= 0.6 is 0 Å². The third kappa shape index (κ3) is 3.62. The fourth-order valence-corrected chi connectivity index (χ4v) is 1.55. The molecule has 1 rings (SSSR count). The Bertz CT molecular complexity index is 351. The van der Waals surface area contributed by atoms with Gasteiger partial charge in [0.1, 0.15) is 5.82 Å². The van der Waals surface area contributed by atoms with Crippen LogP contribution in [0.15, 0.2) is 24.3 Å². The lowest BCUT2D eigenvalue weighted by molar-refractivity contribution is -0.137. The first-order valence-corrected chi connectivity index (χ1v) is 5.23. The molecule has 1 aromatic rings. The third-order valence-corrected chi connectivity index (χ3v) is 2.73. The predicted octanol–water partition coefficient (Wildman–Crippen LogP) is 2.12. The molecule has 0 fully saturated rings. The number of rotatable bonds is 5.